The number of hydrogen-bond donors (Lipinski definition) is 2. The minimum Gasteiger partial charge on any atom is -0.457 e. The Balaban J connectivity index is 1.49. The summed E-state index contributed by atoms with van der Waals surface area (Å²) in [6.45, 7) is 7.79. The molecule has 11 heteroatoms. The van der Waals surface area contributed by atoms with E-state index in [1.807, 2.05) is 18.2 Å². The fourth-order valence-electron chi connectivity index (χ4n) is 5.92. The van der Waals surface area contributed by atoms with Crippen LogP contribution in [0.2, 0.25) is 0 Å². The van der Waals surface area contributed by atoms with E-state index in [1.54, 1.807) is 17.6 Å². The van der Waals surface area contributed by atoms with E-state index in [4.69, 9.17) is 24.9 Å². The van der Waals surface area contributed by atoms with E-state index < -0.39 is 17.5 Å². The second kappa shape index (κ2) is 9.65. The number of anilines is 2. The van der Waals surface area contributed by atoms with Crippen molar-refractivity contribution in [1.29, 1.82) is 0 Å². The summed E-state index contributed by atoms with van der Waals surface area (Å²) < 4.78 is 18.0. The topological polar surface area (TPSA) is 138 Å². The highest BCUT2D eigenvalue weighted by atomic mass is 16.6. The molecule has 0 radical (unpaired) electrons. The lowest BCUT2D eigenvalue weighted by Gasteiger charge is -2.35. The number of esters is 2. The van der Waals surface area contributed by atoms with E-state index in [9.17, 15) is 14.4 Å². The van der Waals surface area contributed by atoms with Crippen LogP contribution in [0.4, 0.5) is 11.4 Å². The lowest BCUT2D eigenvalue weighted by atomic mass is 9.85. The number of ether oxygens (including phenoxy) is 3. The Morgan fingerprint density at radius 2 is 2.03 bits per heavy atom. The van der Waals surface area contributed by atoms with Gasteiger partial charge in [-0.15, -0.1) is 0 Å². The third-order valence-electron chi connectivity index (χ3n) is 7.87. The Kier molecular flexibility index (Phi) is 6.27. The van der Waals surface area contributed by atoms with Gasteiger partial charge in [-0.3, -0.25) is 14.5 Å². The van der Waals surface area contributed by atoms with Gasteiger partial charge in [-0.2, -0.15) is 0 Å². The fourth-order valence-corrected chi connectivity index (χ4v) is 5.92. The molecule has 39 heavy (non-hydrogen) atoms. The zero-order valence-electron chi connectivity index (χ0n) is 22.0. The number of nitrogen functional groups attached to an aromatic ring is 1. The Morgan fingerprint density at radius 1 is 1.23 bits per heavy atom. The minimum atomic E-state index is -1.68. The number of fused-ring (bicyclic) bond motifs is 5. The molecule has 5 heterocycles. The van der Waals surface area contributed by atoms with Crippen LogP contribution in [0.5, 0.6) is 0 Å². The molecule has 1 fully saturated rings. The number of hydrogen-bond acceptors (Lipinski definition) is 10. The molecule has 0 unspecified atom stereocenters. The van der Waals surface area contributed by atoms with E-state index in [0.29, 0.717) is 40.3 Å². The summed E-state index contributed by atoms with van der Waals surface area (Å²) in [7, 11) is 0. The maximum atomic E-state index is 13.8. The summed E-state index contributed by atoms with van der Waals surface area (Å²) in [5.74, 6) is -1.31. The van der Waals surface area contributed by atoms with Gasteiger partial charge in [0.15, 0.2) is 0 Å². The molecule has 0 saturated carbocycles. The van der Waals surface area contributed by atoms with Gasteiger partial charge in [-0.05, 0) is 24.6 Å². The summed E-state index contributed by atoms with van der Waals surface area (Å²) in [5.41, 5.74) is 9.30. The molecule has 6 rings (SSSR count). The van der Waals surface area contributed by atoms with E-state index in [0.717, 1.165) is 49.5 Å². The third-order valence-corrected chi connectivity index (χ3v) is 7.87. The van der Waals surface area contributed by atoms with E-state index in [2.05, 4.69) is 10.2 Å². The molecule has 3 aromatic rings. The zero-order valence-corrected chi connectivity index (χ0v) is 22.0. The van der Waals surface area contributed by atoms with Crippen LogP contribution in [0.1, 0.15) is 37.0 Å². The van der Waals surface area contributed by atoms with Crippen LogP contribution in [0.15, 0.2) is 29.1 Å². The second-order valence-electron chi connectivity index (χ2n) is 10.1. The van der Waals surface area contributed by atoms with Gasteiger partial charge in [0.25, 0.3) is 5.56 Å². The molecule has 0 spiro atoms. The largest absolute Gasteiger partial charge is 0.457 e. The molecule has 2 aromatic heterocycles. The maximum Gasteiger partial charge on any atom is 0.355 e. The van der Waals surface area contributed by atoms with Gasteiger partial charge in [-0.25, -0.2) is 9.78 Å². The second-order valence-corrected chi connectivity index (χ2v) is 10.1. The highest BCUT2D eigenvalue weighted by Gasteiger charge is 2.50. The first-order valence-electron chi connectivity index (χ1n) is 13.2. The molecule has 0 amide bonds. The summed E-state index contributed by atoms with van der Waals surface area (Å²) in [4.78, 5) is 46.1. The first kappa shape index (κ1) is 25.3. The van der Waals surface area contributed by atoms with Gasteiger partial charge in [0.05, 0.1) is 47.9 Å². The Morgan fingerprint density at radius 3 is 2.77 bits per heavy atom. The number of aromatic nitrogens is 2. The van der Waals surface area contributed by atoms with Gasteiger partial charge in [0.1, 0.15) is 6.61 Å². The number of morpholine rings is 1. The number of carbonyl (C=O) groups excluding carboxylic acids is 2. The van der Waals surface area contributed by atoms with Gasteiger partial charge in [0, 0.05) is 55.3 Å². The Labute approximate surface area is 224 Å². The summed E-state index contributed by atoms with van der Waals surface area (Å²) >= 11 is 0. The number of cyclic esters (lactones) is 1. The van der Waals surface area contributed by atoms with Crippen molar-refractivity contribution < 1.29 is 23.8 Å². The number of pyridine rings is 2. The molecule has 3 aliphatic heterocycles. The van der Waals surface area contributed by atoms with Crippen molar-refractivity contribution in [3.05, 3.63) is 51.3 Å². The molecule has 1 saturated heterocycles. The van der Waals surface area contributed by atoms with Gasteiger partial charge in [-0.1, -0.05) is 13.0 Å². The van der Waals surface area contributed by atoms with Gasteiger partial charge in [0.2, 0.25) is 5.60 Å². The SMILES string of the molecule is CC[C@@]1(OC(C)=O)C(=O)OCc2c1cc1n(c2=O)Cc2c-1nc1cccc(N)c1c2NCCN1CCOCC1. The highest BCUT2D eigenvalue weighted by Crippen LogP contribution is 2.44. The minimum absolute atomic E-state index is 0.129. The van der Waals surface area contributed by atoms with E-state index >= 15 is 0 Å². The normalized spacial score (nSPS) is 20.2. The molecular weight excluding hydrogens is 502 g/mol. The molecule has 3 aliphatic rings. The van der Waals surface area contributed by atoms with Crippen LogP contribution in [0, 0.1) is 0 Å². The molecule has 0 bridgehead atoms. The molecule has 1 atom stereocenters. The molecule has 1 aromatic carbocycles. The van der Waals surface area contributed by atoms with Crippen molar-refractivity contribution in [2.75, 3.05) is 50.4 Å². The molecule has 3 N–H and O–H groups in total. The summed E-state index contributed by atoms with van der Waals surface area (Å²) in [6.07, 6.45) is 0.129. The molecular formula is C28H31N5O6. The fraction of sp³-hybridized carbons (Fsp3) is 0.429. The lowest BCUT2D eigenvalue weighted by Crippen LogP contribution is -2.47. The van der Waals surface area contributed by atoms with Crippen LogP contribution in [-0.2, 0) is 42.6 Å². The number of nitrogens with zero attached hydrogens (tertiary/aromatic N) is 3. The van der Waals surface area contributed by atoms with E-state index in [-0.39, 0.29) is 25.1 Å². The number of carbonyl (C=O) groups is 2. The number of nitrogens with two attached hydrogens (primary N) is 1. The van der Waals surface area contributed by atoms with Crippen molar-refractivity contribution in [1.82, 2.24) is 14.5 Å². The summed E-state index contributed by atoms with van der Waals surface area (Å²) in [5, 5.41) is 4.40. The summed E-state index contributed by atoms with van der Waals surface area (Å²) in [6, 6.07) is 7.35. The Hall–Kier alpha value is -3.96. The Bertz CT molecular complexity index is 1560. The zero-order chi connectivity index (χ0) is 27.3. The predicted molar refractivity (Wildman–Crippen MR) is 144 cm³/mol. The van der Waals surface area contributed by atoms with Gasteiger partial charge < -0.3 is 29.8 Å². The average Bonchev–Trinajstić information content (AvgIpc) is 3.29. The average molecular weight is 534 g/mol. The van der Waals surface area contributed by atoms with Crippen molar-refractivity contribution >= 4 is 34.2 Å². The highest BCUT2D eigenvalue weighted by molar-refractivity contribution is 6.04. The standard InChI is InChI=1S/C28H31N5O6/c1-3-28(39-16(2)34)19-13-22-24-17(14-33(22)26(35)18(19)15-38-27(28)36)25(23-20(29)5-4-6-21(23)31-24)30-7-8-32-9-11-37-12-10-32/h4-6,13H,3,7-12,14-15,29H2,1-2H3,(H,30,31)/t28-/m0/s1. The van der Waals surface area contributed by atoms with Crippen molar-refractivity contribution in [3.63, 3.8) is 0 Å². The monoisotopic (exact) mass is 533 g/mol. The smallest absolute Gasteiger partial charge is 0.355 e. The van der Waals surface area contributed by atoms with Crippen LogP contribution >= 0.6 is 0 Å². The third kappa shape index (κ3) is 4.04. The van der Waals surface area contributed by atoms with Crippen LogP contribution in [0.25, 0.3) is 22.3 Å². The van der Waals surface area contributed by atoms with Crippen LogP contribution in [0.3, 0.4) is 0 Å². The van der Waals surface area contributed by atoms with Gasteiger partial charge >= 0.3 is 11.9 Å². The number of rotatable bonds is 6. The van der Waals surface area contributed by atoms with Crippen molar-refractivity contribution in [3.8, 4) is 11.4 Å². The quantitative estimate of drug-likeness (QED) is 0.279. The van der Waals surface area contributed by atoms with E-state index in [1.165, 1.54) is 6.92 Å². The molecule has 204 valence electrons. The van der Waals surface area contributed by atoms with Crippen LogP contribution < -0.4 is 16.6 Å². The molecule has 11 nitrogen and oxygen atoms in total. The number of benzene rings is 1. The first-order chi connectivity index (χ1) is 18.8. The van der Waals surface area contributed by atoms with Crippen molar-refractivity contribution in [2.45, 2.75) is 39.0 Å². The number of nitrogens with one attached hydrogen (secondary N) is 1. The maximum absolute atomic E-state index is 13.8. The van der Waals surface area contributed by atoms with Crippen LogP contribution in [-0.4, -0.2) is 65.8 Å². The predicted octanol–water partition coefficient (Wildman–Crippen LogP) is 1.98. The lowest BCUT2D eigenvalue weighted by molar-refractivity contribution is -0.188. The first-order valence-corrected chi connectivity index (χ1v) is 13.2. The van der Waals surface area contributed by atoms with Crippen molar-refractivity contribution in [2.24, 2.45) is 0 Å². The molecule has 0 aliphatic carbocycles.